The fraction of sp³-hybridized carbons (Fsp3) is 0.0667. The monoisotopic (exact) mass is 336 g/mol. The number of hydrogen-bond acceptors (Lipinski definition) is 6. The van der Waals surface area contributed by atoms with Crippen molar-refractivity contribution in [1.82, 2.24) is 0 Å². The molecule has 1 N–H and O–H groups in total. The quantitative estimate of drug-likeness (QED) is 0.757. The molecule has 0 amide bonds. The number of carboxylic acids is 2. The molecule has 0 aliphatic carbocycles. The lowest BCUT2D eigenvalue weighted by atomic mass is 10.1. The fourth-order valence-corrected chi connectivity index (χ4v) is 2.53. The van der Waals surface area contributed by atoms with Gasteiger partial charge in [-0.3, -0.25) is 4.55 Å². The average molecular weight is 336 g/mol. The Hall–Kier alpha value is -2.71. The molecule has 23 heavy (non-hydrogen) atoms. The summed E-state index contributed by atoms with van der Waals surface area (Å²) in [5, 5.41) is 21.1. The van der Waals surface area contributed by atoms with Crippen molar-refractivity contribution in [2.24, 2.45) is 0 Å². The zero-order valence-electron chi connectivity index (χ0n) is 11.9. The standard InChI is InChI=1S/C8H6O7S.C7H8/c9-7(10)4-2-1-3-5(8(11)12)6(4)16(13,14)15;1-7-5-3-2-4-6-7/h1-3H,(H,9,10)(H,11,12)(H,13,14,15);2-6H,1H3/p-2. The topological polar surface area (TPSA) is 135 Å². The summed E-state index contributed by atoms with van der Waals surface area (Å²) in [5.41, 5.74) is -0.559. The lowest BCUT2D eigenvalue weighted by Gasteiger charge is -2.13. The van der Waals surface area contributed by atoms with Gasteiger partial charge in [0.05, 0.1) is 11.9 Å². The summed E-state index contributed by atoms with van der Waals surface area (Å²) in [6.45, 7) is 2.08. The Morgan fingerprint density at radius 3 is 1.57 bits per heavy atom. The van der Waals surface area contributed by atoms with E-state index in [0.29, 0.717) is 0 Å². The predicted octanol–water partition coefficient (Wildman–Crippen LogP) is -0.345. The number of rotatable bonds is 3. The van der Waals surface area contributed by atoms with Crippen LogP contribution in [0, 0.1) is 6.92 Å². The highest BCUT2D eigenvalue weighted by atomic mass is 32.2. The van der Waals surface area contributed by atoms with Crippen molar-refractivity contribution in [3.8, 4) is 0 Å². The summed E-state index contributed by atoms with van der Waals surface area (Å²) in [7, 11) is -5.00. The Kier molecular flexibility index (Phi) is 6.00. The van der Waals surface area contributed by atoms with E-state index in [4.69, 9.17) is 4.55 Å². The first-order valence-corrected chi connectivity index (χ1v) is 7.63. The number of carboxylic acid groups (broad SMARTS) is 2. The van der Waals surface area contributed by atoms with Gasteiger partial charge in [0, 0.05) is 11.1 Å². The summed E-state index contributed by atoms with van der Waals surface area (Å²) in [5.74, 6) is -3.84. The molecule has 2 aromatic carbocycles. The van der Waals surface area contributed by atoms with Crippen molar-refractivity contribution in [2.45, 2.75) is 11.8 Å². The van der Waals surface area contributed by atoms with Gasteiger partial charge in [-0.25, -0.2) is 0 Å². The third-order valence-corrected chi connectivity index (χ3v) is 3.61. The van der Waals surface area contributed by atoms with E-state index in [1.807, 2.05) is 18.2 Å². The molecule has 8 heteroatoms. The molecule has 0 spiro atoms. The van der Waals surface area contributed by atoms with Crippen LogP contribution in [-0.4, -0.2) is 24.9 Å². The summed E-state index contributed by atoms with van der Waals surface area (Å²) >= 11 is 0. The van der Waals surface area contributed by atoms with Gasteiger partial charge in [-0.2, -0.15) is 8.42 Å². The van der Waals surface area contributed by atoms with Gasteiger partial charge in [-0.05, 0) is 6.92 Å². The normalized spacial score (nSPS) is 10.3. The average Bonchev–Trinajstić information content (AvgIpc) is 2.47. The van der Waals surface area contributed by atoms with E-state index in [-0.39, 0.29) is 0 Å². The molecule has 122 valence electrons. The van der Waals surface area contributed by atoms with Crippen LogP contribution in [0.2, 0.25) is 0 Å². The van der Waals surface area contributed by atoms with Crippen molar-refractivity contribution in [2.75, 3.05) is 0 Å². The van der Waals surface area contributed by atoms with E-state index in [1.165, 1.54) is 5.56 Å². The third kappa shape index (κ3) is 5.20. The van der Waals surface area contributed by atoms with Gasteiger partial charge in [0.1, 0.15) is 4.90 Å². The van der Waals surface area contributed by atoms with E-state index in [2.05, 4.69) is 19.1 Å². The molecule has 0 radical (unpaired) electrons. The minimum absolute atomic E-state index is 0.797. The van der Waals surface area contributed by atoms with Gasteiger partial charge in [0.25, 0.3) is 10.1 Å². The van der Waals surface area contributed by atoms with Gasteiger partial charge >= 0.3 is 0 Å². The summed E-state index contributed by atoms with van der Waals surface area (Å²) < 4.78 is 30.5. The van der Waals surface area contributed by atoms with Crippen LogP contribution >= 0.6 is 0 Å². The van der Waals surface area contributed by atoms with Crippen LogP contribution in [0.25, 0.3) is 0 Å². The molecule has 0 atom stereocenters. The molecule has 7 nitrogen and oxygen atoms in total. The molecular weight excluding hydrogens is 324 g/mol. The van der Waals surface area contributed by atoms with Crippen LogP contribution < -0.4 is 10.2 Å². The third-order valence-electron chi connectivity index (χ3n) is 2.65. The van der Waals surface area contributed by atoms with Crippen molar-refractivity contribution in [1.29, 1.82) is 0 Å². The highest BCUT2D eigenvalue weighted by Gasteiger charge is 2.21. The number of hydrogen-bond donors (Lipinski definition) is 1. The minimum Gasteiger partial charge on any atom is -0.545 e. The second-order valence-corrected chi connectivity index (χ2v) is 5.75. The zero-order chi connectivity index (χ0) is 17.6. The van der Waals surface area contributed by atoms with Gasteiger partial charge in [0.2, 0.25) is 0 Å². The highest BCUT2D eigenvalue weighted by Crippen LogP contribution is 2.19. The summed E-state index contributed by atoms with van der Waals surface area (Å²) in [6.07, 6.45) is 0. The van der Waals surface area contributed by atoms with E-state index in [0.717, 1.165) is 18.2 Å². The molecule has 0 heterocycles. The van der Waals surface area contributed by atoms with Crippen LogP contribution in [0.3, 0.4) is 0 Å². The Balaban J connectivity index is 0.000000313. The zero-order valence-corrected chi connectivity index (χ0v) is 12.7. The molecule has 0 saturated carbocycles. The molecule has 0 unspecified atom stereocenters. The first-order valence-electron chi connectivity index (χ1n) is 6.19. The summed E-state index contributed by atoms with van der Waals surface area (Å²) in [4.78, 5) is 19.8. The number of aryl methyl sites for hydroxylation is 1. The van der Waals surface area contributed by atoms with Crippen LogP contribution in [0.1, 0.15) is 26.3 Å². The first kappa shape index (κ1) is 18.3. The van der Waals surface area contributed by atoms with E-state index >= 15 is 0 Å². The largest absolute Gasteiger partial charge is 0.545 e. The Labute approximate surface area is 132 Å². The highest BCUT2D eigenvalue weighted by molar-refractivity contribution is 7.86. The molecule has 0 aromatic heterocycles. The van der Waals surface area contributed by atoms with E-state index < -0.39 is 38.1 Å². The van der Waals surface area contributed by atoms with Crippen molar-refractivity contribution in [3.05, 3.63) is 65.2 Å². The van der Waals surface area contributed by atoms with Crippen molar-refractivity contribution >= 4 is 22.1 Å². The van der Waals surface area contributed by atoms with Crippen molar-refractivity contribution < 1.29 is 32.8 Å². The van der Waals surface area contributed by atoms with Gasteiger partial charge in [-0.15, -0.1) is 0 Å². The van der Waals surface area contributed by atoms with Crippen LogP contribution in [0.15, 0.2) is 53.4 Å². The first-order chi connectivity index (χ1) is 10.6. The van der Waals surface area contributed by atoms with Crippen LogP contribution in [0.4, 0.5) is 0 Å². The maximum absolute atomic E-state index is 10.9. The number of benzene rings is 2. The van der Waals surface area contributed by atoms with E-state index in [1.54, 1.807) is 0 Å². The Bertz CT molecular complexity index is 779. The van der Waals surface area contributed by atoms with Crippen LogP contribution in [0.5, 0.6) is 0 Å². The molecule has 0 bridgehead atoms. The second kappa shape index (κ2) is 7.52. The molecule has 0 aliphatic rings. The molecule has 0 aliphatic heterocycles. The van der Waals surface area contributed by atoms with Gasteiger partial charge < -0.3 is 19.8 Å². The van der Waals surface area contributed by atoms with E-state index in [9.17, 15) is 28.2 Å². The molecular formula is C15H12O7S-2. The van der Waals surface area contributed by atoms with Gasteiger partial charge in [-0.1, -0.05) is 54.1 Å². The summed E-state index contributed by atoms with van der Waals surface area (Å²) in [6, 6.07) is 12.8. The lowest BCUT2D eigenvalue weighted by molar-refractivity contribution is -0.255. The SMILES string of the molecule is Cc1ccccc1.O=C([O-])c1cccc(C(=O)[O-])c1S(=O)(=O)O. The Morgan fingerprint density at radius 2 is 1.30 bits per heavy atom. The van der Waals surface area contributed by atoms with Crippen LogP contribution in [-0.2, 0) is 10.1 Å². The Morgan fingerprint density at radius 1 is 0.870 bits per heavy atom. The predicted molar refractivity (Wildman–Crippen MR) is 76.1 cm³/mol. The lowest BCUT2D eigenvalue weighted by Crippen LogP contribution is -2.29. The minimum atomic E-state index is -5.00. The fourth-order valence-electron chi connectivity index (χ4n) is 1.67. The maximum Gasteiger partial charge on any atom is 0.295 e. The number of aromatic carboxylic acids is 2. The number of carbonyl (C=O) groups is 2. The van der Waals surface area contributed by atoms with Crippen molar-refractivity contribution in [3.63, 3.8) is 0 Å². The maximum atomic E-state index is 10.9. The van der Waals surface area contributed by atoms with Gasteiger partial charge in [0.15, 0.2) is 0 Å². The molecule has 2 rings (SSSR count). The smallest absolute Gasteiger partial charge is 0.295 e. The second-order valence-electron chi connectivity index (χ2n) is 4.39. The molecule has 0 saturated heterocycles. The molecule has 2 aromatic rings. The molecule has 0 fully saturated rings. The number of carbonyl (C=O) groups excluding carboxylic acids is 2.